The maximum absolute atomic E-state index is 13.1. The largest absolute Gasteiger partial charge is 0.264 e. The fourth-order valence-corrected chi connectivity index (χ4v) is 2.90. The van der Waals surface area contributed by atoms with Gasteiger partial charge in [0, 0.05) is 17.0 Å². The van der Waals surface area contributed by atoms with Crippen LogP contribution in [0.5, 0.6) is 0 Å². The molecule has 0 bridgehead atoms. The molecule has 80 valence electrons. The molecule has 2 nitrogen and oxygen atoms in total. The van der Waals surface area contributed by atoms with Crippen molar-refractivity contribution in [2.24, 2.45) is 0 Å². The number of alkyl halides is 2. The summed E-state index contributed by atoms with van der Waals surface area (Å²) in [5.41, 5.74) is 0.115. The van der Waals surface area contributed by atoms with E-state index in [9.17, 15) is 13.2 Å². The topological polar surface area (TPSA) is 17.8 Å². The van der Waals surface area contributed by atoms with Crippen molar-refractivity contribution in [3.63, 3.8) is 0 Å². The fraction of sp³-hybridized carbons (Fsp3) is 0.125. The van der Waals surface area contributed by atoms with E-state index in [1.807, 2.05) is 0 Å². The fourth-order valence-electron chi connectivity index (χ4n) is 1.37. The maximum Gasteiger partial charge on any atom is 0.264 e. The lowest BCUT2D eigenvalue weighted by atomic mass is 10.1. The van der Waals surface area contributed by atoms with Gasteiger partial charge in [0.2, 0.25) is 0 Å². The summed E-state index contributed by atoms with van der Waals surface area (Å²) in [4.78, 5) is 0. The van der Waals surface area contributed by atoms with Crippen LogP contribution in [0.1, 0.15) is 12.0 Å². The summed E-state index contributed by atoms with van der Waals surface area (Å²) in [5, 5.41) is 4.23. The van der Waals surface area contributed by atoms with E-state index in [1.165, 1.54) is 16.7 Å². The second-order valence-electron chi connectivity index (χ2n) is 2.87. The summed E-state index contributed by atoms with van der Waals surface area (Å²) in [6.45, 7) is 0. The van der Waals surface area contributed by atoms with Gasteiger partial charge in [-0.2, -0.15) is 5.10 Å². The molecule has 0 N–H and O–H groups in total. The Balaban J connectivity index is 2.76. The number of benzene rings is 1. The number of hydrogen-bond donors (Lipinski definition) is 0. The Morgan fingerprint density at radius 3 is 2.73 bits per heavy atom. The maximum atomic E-state index is 13.1. The van der Waals surface area contributed by atoms with Crippen LogP contribution in [-0.4, -0.2) is 9.55 Å². The van der Waals surface area contributed by atoms with E-state index >= 15 is 0 Å². The molecule has 0 aliphatic rings. The molecule has 0 radical (unpaired) electrons. The normalized spacial score (nSPS) is 12.3. The zero-order valence-electron chi connectivity index (χ0n) is 7.22. The van der Waals surface area contributed by atoms with Gasteiger partial charge in [-0.25, -0.2) is 17.6 Å². The number of hydrogen-bond acceptors (Lipinski definition) is 1. The van der Waals surface area contributed by atoms with Gasteiger partial charge in [-0.1, -0.05) is 0 Å². The first-order valence-electron chi connectivity index (χ1n) is 3.95. The number of rotatable bonds is 2. The minimum atomic E-state index is -2.68. The van der Waals surface area contributed by atoms with Crippen LogP contribution >= 0.6 is 28.4 Å². The smallest absolute Gasteiger partial charge is 0.237 e. The van der Waals surface area contributed by atoms with Gasteiger partial charge in [-0.15, -0.1) is 0 Å². The molecule has 0 spiro atoms. The van der Waals surface area contributed by atoms with Crippen LogP contribution in [0.4, 0.5) is 13.2 Å². The highest BCUT2D eigenvalue weighted by Gasteiger charge is 2.16. The summed E-state index contributed by atoms with van der Waals surface area (Å²) >= 11 is 2.06. The van der Waals surface area contributed by atoms with Gasteiger partial charge in [0.15, 0.2) is 0 Å². The third-order valence-electron chi connectivity index (χ3n) is 2.00. The molecule has 0 aliphatic carbocycles. The van der Waals surface area contributed by atoms with Crippen LogP contribution in [-0.2, 0) is 0 Å². The number of halogens is 4. The van der Waals surface area contributed by atoms with E-state index in [4.69, 9.17) is 0 Å². The van der Waals surface area contributed by atoms with Crippen molar-refractivity contribution in [3.8, 4) is 0 Å². The number of nitrogens with zero attached hydrogens (tertiary/aromatic N) is 2. The molecular weight excluding hydrogens is 339 g/mol. The predicted octanol–water partition coefficient (Wildman–Crippen LogP) is 3.90. The summed E-state index contributed by atoms with van der Waals surface area (Å²) in [5.74, 6) is -0.658. The van der Waals surface area contributed by atoms with Gasteiger partial charge in [-0.05, 0) is 28.1 Å². The van der Waals surface area contributed by atoms with Crippen molar-refractivity contribution in [2.45, 2.75) is 6.43 Å². The Morgan fingerprint density at radius 2 is 2.13 bits per heavy atom. The van der Waals surface area contributed by atoms with E-state index in [-0.39, 0.29) is 11.9 Å². The lowest BCUT2D eigenvalue weighted by Crippen LogP contribution is -1.89. The average Bonchev–Trinajstić information content (AvgIpc) is 2.58. The van der Waals surface area contributed by atoms with Gasteiger partial charge in [-0.3, -0.25) is 0 Å². The molecule has 1 aromatic heterocycles. The molecule has 7 heteroatoms. The van der Waals surface area contributed by atoms with Crippen LogP contribution in [0, 0.1) is 5.82 Å². The van der Waals surface area contributed by atoms with Crippen molar-refractivity contribution in [1.29, 1.82) is 0 Å². The highest BCUT2D eigenvalue weighted by Crippen LogP contribution is 2.33. The first kappa shape index (κ1) is 11.1. The van der Waals surface area contributed by atoms with Crippen LogP contribution in [0.15, 0.2) is 18.3 Å². The minimum absolute atomic E-state index is 0.259. The van der Waals surface area contributed by atoms with E-state index in [0.717, 1.165) is 6.07 Å². The van der Waals surface area contributed by atoms with Crippen LogP contribution < -0.4 is 0 Å². The zero-order valence-corrected chi connectivity index (χ0v) is 10.4. The van der Waals surface area contributed by atoms with Crippen molar-refractivity contribution < 1.29 is 13.2 Å². The lowest BCUT2D eigenvalue weighted by Gasteiger charge is -2.03. The molecule has 0 saturated carbocycles. The quantitative estimate of drug-likeness (QED) is 0.597. The van der Waals surface area contributed by atoms with Gasteiger partial charge >= 0.3 is 0 Å². The summed E-state index contributed by atoms with van der Waals surface area (Å²) in [7, 11) is 0. The third-order valence-corrected chi connectivity index (χ3v) is 3.89. The Bertz CT molecular complexity index is 500. The molecule has 0 fully saturated rings. The predicted molar refractivity (Wildman–Crippen MR) is 62.4 cm³/mol. The van der Waals surface area contributed by atoms with Crippen molar-refractivity contribution in [3.05, 3.63) is 29.7 Å². The number of aromatic nitrogens is 2. The standard InChI is InChI=1S/C8H5F3IN2P/c9-4-1-5(8(10)11)6-3-13-14(15-12)7(6)2-4/h1-3,8,15H. The van der Waals surface area contributed by atoms with E-state index in [2.05, 4.69) is 27.1 Å². The molecule has 0 saturated heterocycles. The molecule has 0 aliphatic heterocycles. The SMILES string of the molecule is Fc1cc(C(F)F)c2cnn(PI)c2c1. The van der Waals surface area contributed by atoms with Crippen molar-refractivity contribution in [1.82, 2.24) is 9.55 Å². The highest BCUT2D eigenvalue weighted by molar-refractivity contribution is 14.2. The van der Waals surface area contributed by atoms with Gasteiger partial charge < -0.3 is 0 Å². The Morgan fingerprint density at radius 1 is 1.40 bits per heavy atom. The zero-order chi connectivity index (χ0) is 11.0. The molecule has 1 heterocycles. The number of fused-ring (bicyclic) bond motifs is 1. The van der Waals surface area contributed by atoms with Crippen LogP contribution in [0.2, 0.25) is 0 Å². The Labute approximate surface area is 98.2 Å². The molecule has 2 aromatic rings. The van der Waals surface area contributed by atoms with Crippen molar-refractivity contribution in [2.75, 3.05) is 0 Å². The molecule has 1 atom stereocenters. The monoisotopic (exact) mass is 344 g/mol. The summed E-state index contributed by atoms with van der Waals surface area (Å²) in [6.07, 6.45) is -1.07. The molecule has 1 unspecified atom stereocenters. The van der Waals surface area contributed by atoms with Crippen LogP contribution in [0.3, 0.4) is 0 Å². The lowest BCUT2D eigenvalue weighted by molar-refractivity contribution is 0.152. The molecular formula is C8H5F3IN2P. The van der Waals surface area contributed by atoms with E-state index in [1.54, 1.807) is 0 Å². The van der Waals surface area contributed by atoms with E-state index < -0.39 is 12.2 Å². The highest BCUT2D eigenvalue weighted by atomic mass is 127. The third kappa shape index (κ3) is 1.97. The molecule has 15 heavy (non-hydrogen) atoms. The summed E-state index contributed by atoms with van der Waals surface area (Å²) < 4.78 is 39.8. The first-order chi connectivity index (χ1) is 7.13. The molecule has 2 rings (SSSR count). The Kier molecular flexibility index (Phi) is 3.16. The van der Waals surface area contributed by atoms with Gasteiger partial charge in [0.1, 0.15) is 5.82 Å². The second kappa shape index (κ2) is 4.25. The van der Waals surface area contributed by atoms with Gasteiger partial charge in [0.25, 0.3) is 6.43 Å². The van der Waals surface area contributed by atoms with Crippen molar-refractivity contribution >= 4 is 39.3 Å². The first-order valence-corrected chi connectivity index (χ1v) is 8.01. The molecule has 0 amide bonds. The van der Waals surface area contributed by atoms with Gasteiger partial charge in [0.05, 0.1) is 18.1 Å². The minimum Gasteiger partial charge on any atom is -0.237 e. The molecule has 1 aromatic carbocycles. The Hall–Kier alpha value is -0.360. The second-order valence-corrected chi connectivity index (χ2v) is 4.91. The summed E-state index contributed by atoms with van der Waals surface area (Å²) in [6, 6.07) is 2.08. The average molecular weight is 344 g/mol. The van der Waals surface area contributed by atoms with E-state index in [0.29, 0.717) is 10.9 Å². The van der Waals surface area contributed by atoms with Crippen LogP contribution in [0.25, 0.3) is 10.9 Å².